The summed E-state index contributed by atoms with van der Waals surface area (Å²) in [5.41, 5.74) is 3.87. The number of aryl methyl sites for hydroxylation is 1. The Morgan fingerprint density at radius 1 is 0.917 bits per heavy atom. The molecular formula is C29H26N2O5. The van der Waals surface area contributed by atoms with Crippen molar-refractivity contribution < 1.29 is 18.7 Å². The third-order valence-electron chi connectivity index (χ3n) is 6.30. The van der Waals surface area contributed by atoms with Crippen molar-refractivity contribution >= 4 is 28.5 Å². The first kappa shape index (κ1) is 23.4. The van der Waals surface area contributed by atoms with Gasteiger partial charge in [-0.1, -0.05) is 42.5 Å². The van der Waals surface area contributed by atoms with E-state index in [1.54, 1.807) is 36.4 Å². The summed E-state index contributed by atoms with van der Waals surface area (Å²) in [5, 5.41) is 6.56. The van der Waals surface area contributed by atoms with Gasteiger partial charge in [-0.05, 0) is 61.1 Å². The SMILES string of the molecule is O=C(COc1ccc2c3c(c(=O)oc2c1)CCC3)Nc1ccccc1C(=O)NCCc1ccccc1. The zero-order valence-corrected chi connectivity index (χ0v) is 19.7. The third-order valence-corrected chi connectivity index (χ3v) is 6.30. The van der Waals surface area contributed by atoms with Crippen LogP contribution < -0.4 is 21.0 Å². The molecule has 4 aromatic rings. The topological polar surface area (TPSA) is 97.6 Å². The van der Waals surface area contributed by atoms with Gasteiger partial charge in [0.2, 0.25) is 0 Å². The second-order valence-corrected chi connectivity index (χ2v) is 8.73. The fraction of sp³-hybridized carbons (Fsp3) is 0.207. The molecule has 0 radical (unpaired) electrons. The van der Waals surface area contributed by atoms with E-state index in [9.17, 15) is 14.4 Å². The third kappa shape index (κ3) is 5.15. The molecule has 1 aliphatic rings. The standard InChI is InChI=1S/C29H26N2O5/c32-27(18-35-20-13-14-22-21-10-6-11-23(21)29(34)36-26(22)17-20)31-25-12-5-4-9-24(25)28(33)30-16-15-19-7-2-1-3-8-19/h1-5,7-9,12-14,17H,6,10-11,15-16,18H2,(H,30,33)(H,31,32). The van der Waals surface area contributed by atoms with E-state index in [0.29, 0.717) is 35.5 Å². The largest absolute Gasteiger partial charge is 0.484 e. The molecule has 0 bridgehead atoms. The summed E-state index contributed by atoms with van der Waals surface area (Å²) in [6.07, 6.45) is 3.27. The lowest BCUT2D eigenvalue weighted by atomic mass is 10.1. The minimum absolute atomic E-state index is 0.259. The average Bonchev–Trinajstić information content (AvgIpc) is 3.39. The smallest absolute Gasteiger partial charge is 0.339 e. The fourth-order valence-electron chi connectivity index (χ4n) is 4.54. The molecule has 0 atom stereocenters. The van der Waals surface area contributed by atoms with Crippen LogP contribution in [0.1, 0.15) is 33.5 Å². The maximum absolute atomic E-state index is 12.7. The van der Waals surface area contributed by atoms with Crippen LogP contribution in [0.4, 0.5) is 5.69 Å². The highest BCUT2D eigenvalue weighted by Crippen LogP contribution is 2.29. The van der Waals surface area contributed by atoms with Gasteiger partial charge in [0.25, 0.3) is 11.8 Å². The number of hydrogen-bond acceptors (Lipinski definition) is 5. The van der Waals surface area contributed by atoms with E-state index in [0.717, 1.165) is 41.3 Å². The number of amides is 2. The Morgan fingerprint density at radius 3 is 2.56 bits per heavy atom. The Hall–Kier alpha value is -4.39. The molecule has 7 nitrogen and oxygen atoms in total. The lowest BCUT2D eigenvalue weighted by molar-refractivity contribution is -0.118. The van der Waals surface area contributed by atoms with Crippen molar-refractivity contribution in [2.24, 2.45) is 0 Å². The number of anilines is 1. The van der Waals surface area contributed by atoms with Gasteiger partial charge < -0.3 is 19.8 Å². The van der Waals surface area contributed by atoms with E-state index in [1.807, 2.05) is 36.4 Å². The van der Waals surface area contributed by atoms with Crippen LogP contribution in [0.15, 0.2) is 82.0 Å². The lowest BCUT2D eigenvalue weighted by Gasteiger charge is -2.12. The number of ether oxygens (including phenoxy) is 1. The van der Waals surface area contributed by atoms with Crippen molar-refractivity contribution in [3.05, 3.63) is 105 Å². The van der Waals surface area contributed by atoms with Crippen LogP contribution in [0.5, 0.6) is 5.75 Å². The number of nitrogens with one attached hydrogen (secondary N) is 2. The van der Waals surface area contributed by atoms with Crippen molar-refractivity contribution in [3.8, 4) is 5.75 Å². The Labute approximate surface area is 208 Å². The minimum atomic E-state index is -0.407. The Morgan fingerprint density at radius 2 is 1.69 bits per heavy atom. The predicted octanol–water partition coefficient (Wildman–Crippen LogP) is 4.27. The van der Waals surface area contributed by atoms with E-state index in [2.05, 4.69) is 10.6 Å². The predicted molar refractivity (Wildman–Crippen MR) is 138 cm³/mol. The van der Waals surface area contributed by atoms with Crippen molar-refractivity contribution in [1.82, 2.24) is 5.32 Å². The maximum Gasteiger partial charge on any atom is 0.339 e. The molecule has 0 fully saturated rings. The molecule has 2 amide bonds. The van der Waals surface area contributed by atoms with E-state index >= 15 is 0 Å². The highest BCUT2D eigenvalue weighted by Gasteiger charge is 2.20. The van der Waals surface area contributed by atoms with Crippen LogP contribution in [0.2, 0.25) is 0 Å². The fourth-order valence-corrected chi connectivity index (χ4v) is 4.54. The summed E-state index contributed by atoms with van der Waals surface area (Å²) in [5.74, 6) is -0.249. The van der Waals surface area contributed by atoms with E-state index < -0.39 is 5.91 Å². The van der Waals surface area contributed by atoms with E-state index in [4.69, 9.17) is 9.15 Å². The van der Waals surface area contributed by atoms with E-state index in [1.165, 1.54) is 0 Å². The summed E-state index contributed by atoms with van der Waals surface area (Å²) in [7, 11) is 0. The number of carbonyl (C=O) groups is 2. The van der Waals surface area contributed by atoms with Gasteiger partial charge in [0, 0.05) is 23.6 Å². The molecule has 0 saturated heterocycles. The summed E-state index contributed by atoms with van der Waals surface area (Å²) >= 11 is 0. The minimum Gasteiger partial charge on any atom is -0.484 e. The first-order valence-electron chi connectivity index (χ1n) is 12.0. The molecule has 2 N–H and O–H groups in total. The van der Waals surface area contributed by atoms with Crippen LogP contribution in [0.3, 0.4) is 0 Å². The summed E-state index contributed by atoms with van der Waals surface area (Å²) in [6.45, 7) is 0.222. The molecule has 0 unspecified atom stereocenters. The van der Waals surface area contributed by atoms with Crippen LogP contribution in [0.25, 0.3) is 11.0 Å². The number of fused-ring (bicyclic) bond motifs is 3. The first-order chi connectivity index (χ1) is 17.6. The van der Waals surface area contributed by atoms with Crippen molar-refractivity contribution in [1.29, 1.82) is 0 Å². The molecule has 0 spiro atoms. The molecule has 1 heterocycles. The van der Waals surface area contributed by atoms with Gasteiger partial charge in [-0.3, -0.25) is 9.59 Å². The average molecular weight is 483 g/mol. The van der Waals surface area contributed by atoms with Crippen molar-refractivity contribution in [2.45, 2.75) is 25.7 Å². The lowest BCUT2D eigenvalue weighted by Crippen LogP contribution is -2.28. The molecule has 1 aliphatic carbocycles. The van der Waals surface area contributed by atoms with E-state index in [-0.39, 0.29) is 18.1 Å². The Bertz CT molecular complexity index is 1480. The molecule has 3 aromatic carbocycles. The molecule has 1 aromatic heterocycles. The molecule has 36 heavy (non-hydrogen) atoms. The van der Waals surface area contributed by atoms with Gasteiger partial charge in [-0.25, -0.2) is 4.79 Å². The highest BCUT2D eigenvalue weighted by molar-refractivity contribution is 6.04. The normalized spacial score (nSPS) is 12.2. The van der Waals surface area contributed by atoms with Crippen LogP contribution >= 0.6 is 0 Å². The van der Waals surface area contributed by atoms with Gasteiger partial charge in [-0.2, -0.15) is 0 Å². The second-order valence-electron chi connectivity index (χ2n) is 8.73. The van der Waals surface area contributed by atoms with Crippen LogP contribution in [-0.4, -0.2) is 25.0 Å². The molecule has 0 saturated carbocycles. The Balaban J connectivity index is 1.20. The zero-order valence-electron chi connectivity index (χ0n) is 19.7. The van der Waals surface area contributed by atoms with Crippen LogP contribution in [-0.2, 0) is 24.1 Å². The van der Waals surface area contributed by atoms with Gasteiger partial charge in [-0.15, -0.1) is 0 Å². The molecular weight excluding hydrogens is 456 g/mol. The number of benzene rings is 3. The molecule has 7 heteroatoms. The molecule has 0 aliphatic heterocycles. The number of hydrogen-bond donors (Lipinski definition) is 2. The maximum atomic E-state index is 12.7. The monoisotopic (exact) mass is 482 g/mol. The van der Waals surface area contributed by atoms with Crippen molar-refractivity contribution in [2.75, 3.05) is 18.5 Å². The molecule has 182 valence electrons. The number of para-hydroxylation sites is 1. The van der Waals surface area contributed by atoms with Crippen molar-refractivity contribution in [3.63, 3.8) is 0 Å². The number of rotatable bonds is 8. The summed E-state index contributed by atoms with van der Waals surface area (Å²) in [4.78, 5) is 37.5. The summed E-state index contributed by atoms with van der Waals surface area (Å²) < 4.78 is 11.1. The van der Waals surface area contributed by atoms with Gasteiger partial charge in [0.1, 0.15) is 11.3 Å². The number of carbonyl (C=O) groups excluding carboxylic acids is 2. The summed E-state index contributed by atoms with van der Waals surface area (Å²) in [6, 6.07) is 22.0. The van der Waals surface area contributed by atoms with Crippen LogP contribution in [0, 0.1) is 0 Å². The first-order valence-corrected chi connectivity index (χ1v) is 12.0. The zero-order chi connectivity index (χ0) is 24.9. The quantitative estimate of drug-likeness (QED) is 0.366. The van der Waals surface area contributed by atoms with Gasteiger partial charge in [0.05, 0.1) is 11.3 Å². The van der Waals surface area contributed by atoms with Gasteiger partial charge in [0.15, 0.2) is 6.61 Å². The Kier molecular flexibility index (Phi) is 6.80. The van der Waals surface area contributed by atoms with Gasteiger partial charge >= 0.3 is 5.63 Å². The highest BCUT2D eigenvalue weighted by atomic mass is 16.5. The molecule has 5 rings (SSSR count). The second kappa shape index (κ2) is 10.5.